The van der Waals surface area contributed by atoms with Gasteiger partial charge in [0, 0.05) is 38.1 Å². The zero-order valence-corrected chi connectivity index (χ0v) is 14.5. The lowest BCUT2D eigenvalue weighted by molar-refractivity contribution is 0.0697. The molecule has 25 heavy (non-hydrogen) atoms. The van der Waals surface area contributed by atoms with E-state index < -0.39 is 15.8 Å². The number of aryl methyl sites for hydroxylation is 1. The van der Waals surface area contributed by atoms with Crippen molar-refractivity contribution >= 4 is 15.9 Å². The highest BCUT2D eigenvalue weighted by molar-refractivity contribution is 7.89. The van der Waals surface area contributed by atoms with Gasteiger partial charge in [-0.3, -0.25) is 9.78 Å². The van der Waals surface area contributed by atoms with Gasteiger partial charge in [-0.1, -0.05) is 6.07 Å². The van der Waals surface area contributed by atoms with Crippen LogP contribution in [0.1, 0.15) is 16.1 Å². The van der Waals surface area contributed by atoms with Crippen molar-refractivity contribution in [2.45, 2.75) is 11.8 Å². The number of sulfonamides is 1. The summed E-state index contributed by atoms with van der Waals surface area (Å²) in [7, 11) is -3.76. The van der Waals surface area contributed by atoms with Crippen LogP contribution in [-0.2, 0) is 10.0 Å². The van der Waals surface area contributed by atoms with Gasteiger partial charge in [0.05, 0.1) is 10.5 Å². The summed E-state index contributed by atoms with van der Waals surface area (Å²) in [6, 6.07) is 8.41. The molecular weight excluding hydrogens is 345 g/mol. The van der Waals surface area contributed by atoms with E-state index in [0.717, 1.165) is 11.8 Å². The number of hydrogen-bond acceptors (Lipinski definition) is 4. The summed E-state index contributed by atoms with van der Waals surface area (Å²) in [5.74, 6) is -0.767. The minimum atomic E-state index is -3.76. The molecule has 132 valence electrons. The molecule has 1 fully saturated rings. The Morgan fingerprint density at radius 1 is 1.12 bits per heavy atom. The number of carbonyl (C=O) groups excluding carboxylic acids is 1. The summed E-state index contributed by atoms with van der Waals surface area (Å²) in [5, 5.41) is 0. The van der Waals surface area contributed by atoms with E-state index in [-0.39, 0.29) is 37.0 Å². The quantitative estimate of drug-likeness (QED) is 0.832. The van der Waals surface area contributed by atoms with Crippen LogP contribution in [0.5, 0.6) is 0 Å². The van der Waals surface area contributed by atoms with Gasteiger partial charge in [-0.2, -0.15) is 4.31 Å². The van der Waals surface area contributed by atoms with E-state index in [1.54, 1.807) is 17.0 Å². The molecule has 2 heterocycles. The molecule has 6 nitrogen and oxygen atoms in total. The van der Waals surface area contributed by atoms with Crippen LogP contribution in [0, 0.1) is 12.7 Å². The summed E-state index contributed by atoms with van der Waals surface area (Å²) in [6.45, 7) is 2.74. The summed E-state index contributed by atoms with van der Waals surface area (Å²) in [6.07, 6.45) is 1.52. The fourth-order valence-electron chi connectivity index (χ4n) is 2.68. The topological polar surface area (TPSA) is 70.6 Å². The summed E-state index contributed by atoms with van der Waals surface area (Å²) >= 11 is 0. The van der Waals surface area contributed by atoms with Crippen molar-refractivity contribution in [3.63, 3.8) is 0 Å². The SMILES string of the molecule is Cc1ccc(C(=O)N2CCN(S(=O)(=O)c3cccc(F)c3)CC2)cn1. The number of hydrogen-bond donors (Lipinski definition) is 0. The van der Waals surface area contributed by atoms with Crippen LogP contribution < -0.4 is 0 Å². The minimum Gasteiger partial charge on any atom is -0.336 e. The van der Waals surface area contributed by atoms with Crippen LogP contribution in [0.3, 0.4) is 0 Å². The molecule has 1 amide bonds. The highest BCUT2D eigenvalue weighted by Crippen LogP contribution is 2.19. The minimum absolute atomic E-state index is 0.0741. The van der Waals surface area contributed by atoms with E-state index in [1.165, 1.54) is 28.7 Å². The van der Waals surface area contributed by atoms with E-state index in [4.69, 9.17) is 0 Å². The number of carbonyl (C=O) groups is 1. The number of pyridine rings is 1. The standard InChI is InChI=1S/C17H18FN3O3S/c1-13-5-6-14(12-19-13)17(22)20-7-9-21(10-8-20)25(23,24)16-4-2-3-15(18)11-16/h2-6,11-12H,7-10H2,1H3. The Morgan fingerprint density at radius 3 is 2.44 bits per heavy atom. The first-order valence-corrected chi connectivity index (χ1v) is 9.29. The van der Waals surface area contributed by atoms with Gasteiger partial charge in [0.2, 0.25) is 10.0 Å². The van der Waals surface area contributed by atoms with Crippen LogP contribution >= 0.6 is 0 Å². The van der Waals surface area contributed by atoms with Gasteiger partial charge in [0.25, 0.3) is 5.91 Å². The second-order valence-electron chi connectivity index (χ2n) is 5.84. The zero-order valence-electron chi connectivity index (χ0n) is 13.7. The van der Waals surface area contributed by atoms with Gasteiger partial charge >= 0.3 is 0 Å². The number of rotatable bonds is 3. The maximum atomic E-state index is 13.3. The Bertz CT molecular complexity index is 876. The maximum absolute atomic E-state index is 13.3. The molecule has 1 aromatic heterocycles. The van der Waals surface area contributed by atoms with E-state index in [9.17, 15) is 17.6 Å². The average molecular weight is 363 g/mol. The summed E-state index contributed by atoms with van der Waals surface area (Å²) < 4.78 is 39.7. The summed E-state index contributed by atoms with van der Waals surface area (Å²) in [5.41, 5.74) is 1.30. The third kappa shape index (κ3) is 3.69. The second kappa shape index (κ2) is 6.89. The number of halogens is 1. The molecule has 1 saturated heterocycles. The van der Waals surface area contributed by atoms with E-state index in [0.29, 0.717) is 5.56 Å². The van der Waals surface area contributed by atoms with Crippen molar-refractivity contribution in [3.05, 3.63) is 59.7 Å². The van der Waals surface area contributed by atoms with Crippen LogP contribution in [0.25, 0.3) is 0 Å². The maximum Gasteiger partial charge on any atom is 0.255 e. The Balaban J connectivity index is 1.69. The molecule has 1 aromatic carbocycles. The highest BCUT2D eigenvalue weighted by atomic mass is 32.2. The van der Waals surface area contributed by atoms with Crippen molar-refractivity contribution in [1.82, 2.24) is 14.2 Å². The van der Waals surface area contributed by atoms with Gasteiger partial charge in [-0.05, 0) is 37.3 Å². The fraction of sp³-hybridized carbons (Fsp3) is 0.294. The smallest absolute Gasteiger partial charge is 0.255 e. The lowest BCUT2D eigenvalue weighted by atomic mass is 10.2. The first-order valence-electron chi connectivity index (χ1n) is 7.85. The van der Waals surface area contributed by atoms with Crippen molar-refractivity contribution in [2.75, 3.05) is 26.2 Å². The summed E-state index contributed by atoms with van der Waals surface area (Å²) in [4.78, 5) is 18.1. The Hall–Kier alpha value is -2.32. The van der Waals surface area contributed by atoms with E-state index in [1.807, 2.05) is 6.92 Å². The van der Waals surface area contributed by atoms with Crippen LogP contribution in [0.4, 0.5) is 4.39 Å². The molecule has 0 radical (unpaired) electrons. The van der Waals surface area contributed by atoms with Gasteiger partial charge in [-0.25, -0.2) is 12.8 Å². The molecule has 8 heteroatoms. The molecule has 0 atom stereocenters. The average Bonchev–Trinajstić information content (AvgIpc) is 2.62. The van der Waals surface area contributed by atoms with Crippen LogP contribution in [-0.4, -0.2) is 54.7 Å². The number of nitrogens with zero attached hydrogens (tertiary/aromatic N) is 3. The van der Waals surface area contributed by atoms with Crippen LogP contribution in [0.15, 0.2) is 47.5 Å². The van der Waals surface area contributed by atoms with Crippen LogP contribution in [0.2, 0.25) is 0 Å². The van der Waals surface area contributed by atoms with Gasteiger partial charge in [0.15, 0.2) is 0 Å². The predicted octanol–water partition coefficient (Wildman–Crippen LogP) is 1.68. The van der Waals surface area contributed by atoms with Crippen molar-refractivity contribution < 1.29 is 17.6 Å². The molecule has 2 aromatic rings. The molecule has 0 aliphatic carbocycles. The van der Waals surface area contributed by atoms with E-state index >= 15 is 0 Å². The normalized spacial score (nSPS) is 16.0. The molecular formula is C17H18FN3O3S. The van der Waals surface area contributed by atoms with Gasteiger partial charge < -0.3 is 4.90 Å². The third-order valence-electron chi connectivity index (χ3n) is 4.12. The number of aromatic nitrogens is 1. The molecule has 0 unspecified atom stereocenters. The molecule has 0 bridgehead atoms. The molecule has 0 saturated carbocycles. The monoisotopic (exact) mass is 363 g/mol. The zero-order chi connectivity index (χ0) is 18.0. The third-order valence-corrected chi connectivity index (χ3v) is 6.01. The molecule has 1 aliphatic rings. The second-order valence-corrected chi connectivity index (χ2v) is 7.78. The van der Waals surface area contributed by atoms with Gasteiger partial charge in [-0.15, -0.1) is 0 Å². The molecule has 0 N–H and O–H groups in total. The highest BCUT2D eigenvalue weighted by Gasteiger charge is 2.30. The van der Waals surface area contributed by atoms with Crippen molar-refractivity contribution in [3.8, 4) is 0 Å². The Morgan fingerprint density at radius 2 is 1.84 bits per heavy atom. The lowest BCUT2D eigenvalue weighted by Gasteiger charge is -2.34. The predicted molar refractivity (Wildman–Crippen MR) is 90.0 cm³/mol. The first kappa shape index (κ1) is 17.5. The molecule has 1 aliphatic heterocycles. The number of piperazine rings is 1. The lowest BCUT2D eigenvalue weighted by Crippen LogP contribution is -2.50. The number of amides is 1. The molecule has 0 spiro atoms. The van der Waals surface area contributed by atoms with Crippen molar-refractivity contribution in [2.24, 2.45) is 0 Å². The fourth-order valence-corrected chi connectivity index (χ4v) is 4.14. The van der Waals surface area contributed by atoms with Gasteiger partial charge in [0.1, 0.15) is 5.82 Å². The van der Waals surface area contributed by atoms with Crippen molar-refractivity contribution in [1.29, 1.82) is 0 Å². The first-order chi connectivity index (χ1) is 11.9. The van der Waals surface area contributed by atoms with E-state index in [2.05, 4.69) is 4.98 Å². The Labute approximate surface area is 145 Å². The Kier molecular flexibility index (Phi) is 4.82. The molecule has 3 rings (SSSR count). The number of benzene rings is 1. The largest absolute Gasteiger partial charge is 0.336 e.